The van der Waals surface area contributed by atoms with Crippen LogP contribution in [0.25, 0.3) is 0 Å². The molecule has 1 aromatic carbocycles. The highest BCUT2D eigenvalue weighted by atomic mass is 32.2. The second kappa shape index (κ2) is 8.50. The Labute approximate surface area is 165 Å². The number of benzene rings is 1. The highest BCUT2D eigenvalue weighted by Crippen LogP contribution is 2.36. The van der Waals surface area contributed by atoms with Crippen LogP contribution in [0.5, 0.6) is 0 Å². The van der Waals surface area contributed by atoms with E-state index < -0.39 is 10.8 Å². The van der Waals surface area contributed by atoms with E-state index in [4.69, 9.17) is 12.2 Å². The topological polar surface area (TPSA) is 52.7 Å². The number of nitrogens with one attached hydrogen (secondary N) is 1. The average Bonchev–Trinajstić information content (AvgIpc) is 2.52. The Kier molecular flexibility index (Phi) is 6.82. The van der Waals surface area contributed by atoms with Crippen LogP contribution in [0.1, 0.15) is 25.0 Å². The number of thioether (sulfide) groups is 1. The van der Waals surface area contributed by atoms with Gasteiger partial charge in [-0.1, -0.05) is 53.8 Å². The molecule has 2 rings (SSSR count). The Balaban J connectivity index is 2.08. The van der Waals surface area contributed by atoms with Crippen molar-refractivity contribution in [2.75, 3.05) is 27.2 Å². The lowest BCUT2D eigenvalue weighted by molar-refractivity contribution is -0.134. The number of carbonyl (C=O) groups excluding carboxylic acids is 2. The largest absolute Gasteiger partial charge is 0.343 e. The summed E-state index contributed by atoms with van der Waals surface area (Å²) in [6.07, 6.45) is 0.257. The van der Waals surface area contributed by atoms with Gasteiger partial charge in [0.25, 0.3) is 5.91 Å². The molecule has 0 saturated carbocycles. The summed E-state index contributed by atoms with van der Waals surface area (Å²) >= 11 is 6.89. The number of thiocarbonyl (C=S) groups is 1. The van der Waals surface area contributed by atoms with Crippen LogP contribution in [0.15, 0.2) is 24.3 Å². The van der Waals surface area contributed by atoms with Crippen molar-refractivity contribution in [3.05, 3.63) is 35.4 Å². The highest BCUT2D eigenvalue weighted by molar-refractivity contribution is 8.24. The van der Waals surface area contributed by atoms with Crippen molar-refractivity contribution < 1.29 is 9.59 Å². The minimum absolute atomic E-state index is 0.127. The molecule has 26 heavy (non-hydrogen) atoms. The normalized spacial score (nSPS) is 19.8. The molecule has 1 heterocycles. The molecule has 1 unspecified atom stereocenters. The van der Waals surface area contributed by atoms with Gasteiger partial charge in [-0.25, -0.2) is 0 Å². The third kappa shape index (κ3) is 5.28. The standard InChI is InChI=1S/C19H27N3O2S2/c1-13-6-8-14(9-7-13)12-15(23)20-16-17(24)22(11-10-21(4)5)18(25)26-19(16,2)3/h6-9,16H,10-12H2,1-5H3,(H,20,23). The third-order valence-electron chi connectivity index (χ3n) is 4.34. The van der Waals surface area contributed by atoms with Gasteiger partial charge in [-0.3, -0.25) is 14.5 Å². The van der Waals surface area contributed by atoms with E-state index in [0.29, 0.717) is 10.9 Å². The molecule has 1 N–H and O–H groups in total. The van der Waals surface area contributed by atoms with Crippen molar-refractivity contribution in [3.8, 4) is 0 Å². The summed E-state index contributed by atoms with van der Waals surface area (Å²) in [6.45, 7) is 7.15. The Morgan fingerprint density at radius 1 is 1.31 bits per heavy atom. The smallest absolute Gasteiger partial charge is 0.252 e. The molecule has 1 atom stereocenters. The van der Waals surface area contributed by atoms with Crippen LogP contribution in [0.4, 0.5) is 0 Å². The molecule has 1 fully saturated rings. The zero-order valence-electron chi connectivity index (χ0n) is 16.0. The van der Waals surface area contributed by atoms with Gasteiger partial charge in [0, 0.05) is 17.8 Å². The Bertz CT molecular complexity index is 687. The van der Waals surface area contributed by atoms with Crippen LogP contribution in [0.3, 0.4) is 0 Å². The number of carbonyl (C=O) groups is 2. The molecule has 1 aliphatic rings. The lowest BCUT2D eigenvalue weighted by Crippen LogP contribution is -2.63. The molecule has 0 bridgehead atoms. The van der Waals surface area contributed by atoms with Crippen molar-refractivity contribution in [2.24, 2.45) is 0 Å². The zero-order valence-corrected chi connectivity index (χ0v) is 17.7. The molecule has 0 spiro atoms. The van der Waals surface area contributed by atoms with Gasteiger partial charge in [-0.15, -0.1) is 0 Å². The first-order valence-electron chi connectivity index (χ1n) is 8.64. The van der Waals surface area contributed by atoms with Crippen LogP contribution < -0.4 is 5.32 Å². The van der Waals surface area contributed by atoms with Crippen molar-refractivity contribution in [3.63, 3.8) is 0 Å². The minimum Gasteiger partial charge on any atom is -0.343 e. The van der Waals surface area contributed by atoms with E-state index in [1.807, 2.05) is 64.0 Å². The highest BCUT2D eigenvalue weighted by Gasteiger charge is 2.46. The summed E-state index contributed by atoms with van der Waals surface area (Å²) in [6, 6.07) is 7.25. The van der Waals surface area contributed by atoms with Crippen LogP contribution in [-0.2, 0) is 16.0 Å². The summed E-state index contributed by atoms with van der Waals surface area (Å²) in [5.41, 5.74) is 2.08. The maximum absolute atomic E-state index is 13.0. The zero-order chi connectivity index (χ0) is 19.5. The number of amides is 2. The van der Waals surface area contributed by atoms with Crippen molar-refractivity contribution in [1.29, 1.82) is 0 Å². The Morgan fingerprint density at radius 2 is 1.92 bits per heavy atom. The SMILES string of the molecule is Cc1ccc(CC(=O)NC2C(=O)N(CCN(C)C)C(=S)SC2(C)C)cc1. The summed E-state index contributed by atoms with van der Waals surface area (Å²) < 4.78 is 0.0945. The summed E-state index contributed by atoms with van der Waals surface area (Å²) in [5, 5.41) is 2.94. The average molecular weight is 394 g/mol. The van der Waals surface area contributed by atoms with E-state index in [2.05, 4.69) is 5.32 Å². The van der Waals surface area contributed by atoms with Gasteiger partial charge < -0.3 is 10.2 Å². The summed E-state index contributed by atoms with van der Waals surface area (Å²) in [4.78, 5) is 29.1. The van der Waals surface area contributed by atoms with E-state index in [9.17, 15) is 9.59 Å². The predicted octanol–water partition coefficient (Wildman–Crippen LogP) is 2.22. The van der Waals surface area contributed by atoms with E-state index >= 15 is 0 Å². The first-order chi connectivity index (χ1) is 12.1. The van der Waals surface area contributed by atoms with Gasteiger partial charge >= 0.3 is 0 Å². The molecule has 142 valence electrons. The van der Waals surface area contributed by atoms with Crippen molar-refractivity contribution in [1.82, 2.24) is 15.1 Å². The first-order valence-corrected chi connectivity index (χ1v) is 9.86. The fraction of sp³-hybridized carbons (Fsp3) is 0.526. The van der Waals surface area contributed by atoms with Crippen molar-refractivity contribution in [2.45, 2.75) is 38.0 Å². The van der Waals surface area contributed by atoms with Crippen molar-refractivity contribution >= 4 is 40.1 Å². The fourth-order valence-corrected chi connectivity index (χ4v) is 4.57. The van der Waals surface area contributed by atoms with Gasteiger partial charge in [0.2, 0.25) is 5.91 Å². The fourth-order valence-electron chi connectivity index (χ4n) is 2.72. The lowest BCUT2D eigenvalue weighted by Gasteiger charge is -2.42. The number of likely N-dealkylation sites (N-methyl/N-ethyl adjacent to an activating group) is 1. The maximum Gasteiger partial charge on any atom is 0.252 e. The number of rotatable bonds is 6. The van der Waals surface area contributed by atoms with Gasteiger partial charge in [0.1, 0.15) is 10.4 Å². The van der Waals surface area contributed by atoms with E-state index in [1.54, 1.807) is 4.90 Å². The molecule has 0 aliphatic carbocycles. The molecule has 0 radical (unpaired) electrons. The molecule has 1 saturated heterocycles. The van der Waals surface area contributed by atoms with E-state index in [0.717, 1.165) is 17.7 Å². The number of hydrogen-bond donors (Lipinski definition) is 1. The number of nitrogens with zero attached hydrogens (tertiary/aromatic N) is 2. The Hall–Kier alpha value is -1.44. The molecule has 2 amide bonds. The van der Waals surface area contributed by atoms with E-state index in [-0.39, 0.29) is 18.2 Å². The quantitative estimate of drug-likeness (QED) is 0.751. The second-order valence-electron chi connectivity index (χ2n) is 7.43. The van der Waals surface area contributed by atoms with Crippen LogP contribution in [-0.4, -0.2) is 63.9 Å². The number of hydrogen-bond acceptors (Lipinski definition) is 5. The lowest BCUT2D eigenvalue weighted by atomic mass is 10.0. The van der Waals surface area contributed by atoms with Crippen LogP contribution in [0.2, 0.25) is 0 Å². The molecule has 0 aromatic heterocycles. The third-order valence-corrected chi connectivity index (χ3v) is 5.97. The summed E-state index contributed by atoms with van der Waals surface area (Å²) in [7, 11) is 3.91. The molecule has 5 nitrogen and oxygen atoms in total. The van der Waals surface area contributed by atoms with Gasteiger partial charge in [0.15, 0.2) is 0 Å². The predicted molar refractivity (Wildman–Crippen MR) is 111 cm³/mol. The molecule has 1 aliphatic heterocycles. The molecular formula is C19H27N3O2S2. The van der Waals surface area contributed by atoms with E-state index in [1.165, 1.54) is 11.8 Å². The van der Waals surface area contributed by atoms with Gasteiger partial charge in [-0.05, 0) is 40.4 Å². The minimum atomic E-state index is -0.598. The second-order valence-corrected chi connectivity index (χ2v) is 9.72. The molecular weight excluding hydrogens is 366 g/mol. The maximum atomic E-state index is 13.0. The molecule has 1 aromatic rings. The number of aryl methyl sites for hydroxylation is 1. The van der Waals surface area contributed by atoms with Crippen LogP contribution in [0, 0.1) is 6.92 Å². The monoisotopic (exact) mass is 393 g/mol. The van der Waals surface area contributed by atoms with Gasteiger partial charge in [-0.2, -0.15) is 0 Å². The van der Waals surface area contributed by atoms with Crippen LogP contribution >= 0.6 is 24.0 Å². The summed E-state index contributed by atoms with van der Waals surface area (Å²) in [5.74, 6) is -0.279. The molecule has 7 heteroatoms. The van der Waals surface area contributed by atoms with Gasteiger partial charge in [0.05, 0.1) is 6.42 Å². The first kappa shape index (κ1) is 20.9. The Morgan fingerprint density at radius 3 is 2.50 bits per heavy atom.